The number of benzene rings is 1. The summed E-state index contributed by atoms with van der Waals surface area (Å²) in [6, 6.07) is 10.4. The Morgan fingerprint density at radius 2 is 1.89 bits per heavy atom. The van der Waals surface area contributed by atoms with Crippen molar-refractivity contribution in [1.29, 1.82) is 0 Å². The van der Waals surface area contributed by atoms with E-state index in [1.165, 1.54) is 5.56 Å². The first-order chi connectivity index (χ1) is 8.50. The summed E-state index contributed by atoms with van der Waals surface area (Å²) in [5.41, 5.74) is 1.21. The quantitative estimate of drug-likeness (QED) is 0.748. The van der Waals surface area contributed by atoms with Gasteiger partial charge < -0.3 is 0 Å². The molecule has 0 spiro atoms. The van der Waals surface area contributed by atoms with Crippen molar-refractivity contribution >= 4 is 11.0 Å². The third kappa shape index (κ3) is 2.90. The van der Waals surface area contributed by atoms with E-state index in [-0.39, 0.29) is 10.8 Å². The molecule has 1 heterocycles. The fourth-order valence-electron chi connectivity index (χ4n) is 2.13. The number of rotatable bonds is 2. The highest BCUT2D eigenvalue weighted by Gasteiger charge is 2.31. The van der Waals surface area contributed by atoms with Crippen molar-refractivity contribution in [3.8, 4) is 0 Å². The number of hydrogen-bond donors (Lipinski definition) is 0. The van der Waals surface area contributed by atoms with Gasteiger partial charge >= 0.3 is 0 Å². The third-order valence-corrected chi connectivity index (χ3v) is 4.91. The van der Waals surface area contributed by atoms with Crippen LogP contribution in [0.4, 0.5) is 0 Å². The Bertz CT molecular complexity index is 447. The lowest BCUT2D eigenvalue weighted by Gasteiger charge is -2.35. The first-order valence-electron chi connectivity index (χ1n) is 6.40. The largest absolute Gasteiger partial charge is 0.242 e. The lowest BCUT2D eigenvalue weighted by molar-refractivity contribution is 0.375. The topological polar surface area (TPSA) is 20.3 Å². The SMILES string of the molecule is CC(C)(C)S(=O)N1CCC=C[C@H]1c1ccccc1. The Hall–Kier alpha value is -0.930. The first-order valence-corrected chi connectivity index (χ1v) is 7.51. The van der Waals surface area contributed by atoms with E-state index in [1.807, 2.05) is 39.0 Å². The van der Waals surface area contributed by atoms with Crippen LogP contribution in [0.25, 0.3) is 0 Å². The fraction of sp³-hybridized carbons (Fsp3) is 0.467. The standard InChI is InChI=1S/C15H21NOS/c1-15(2,3)18(17)16-12-8-7-11-14(16)13-9-5-4-6-10-13/h4-7,9-11,14H,8,12H2,1-3H3/t14-,18?/m0/s1. The average Bonchev–Trinajstić information content (AvgIpc) is 2.38. The molecule has 1 aromatic carbocycles. The Kier molecular flexibility index (Phi) is 4.03. The Balaban J connectivity index is 2.30. The third-order valence-electron chi connectivity index (χ3n) is 3.02. The van der Waals surface area contributed by atoms with Gasteiger partial charge in [0, 0.05) is 6.54 Å². The lowest BCUT2D eigenvalue weighted by Crippen LogP contribution is -2.41. The molecule has 0 saturated carbocycles. The van der Waals surface area contributed by atoms with Crippen LogP contribution in [0.2, 0.25) is 0 Å². The smallest absolute Gasteiger partial charge is 0.101 e. The van der Waals surface area contributed by atoms with Crippen LogP contribution in [0.1, 0.15) is 38.8 Å². The monoisotopic (exact) mass is 263 g/mol. The second-order valence-corrected chi connectivity index (χ2v) is 7.77. The van der Waals surface area contributed by atoms with E-state index >= 15 is 0 Å². The lowest BCUT2D eigenvalue weighted by atomic mass is 10.0. The van der Waals surface area contributed by atoms with Crippen LogP contribution in [0.5, 0.6) is 0 Å². The van der Waals surface area contributed by atoms with Gasteiger partial charge in [0.2, 0.25) is 0 Å². The van der Waals surface area contributed by atoms with E-state index in [2.05, 4.69) is 28.6 Å². The van der Waals surface area contributed by atoms with Crippen LogP contribution in [0.15, 0.2) is 42.5 Å². The molecule has 98 valence electrons. The molecular weight excluding hydrogens is 242 g/mol. The molecule has 0 aromatic heterocycles. The molecule has 0 bridgehead atoms. The highest BCUT2D eigenvalue weighted by atomic mass is 32.2. The second kappa shape index (κ2) is 5.37. The molecule has 2 atom stereocenters. The normalized spacial score (nSPS) is 22.9. The zero-order valence-electron chi connectivity index (χ0n) is 11.3. The summed E-state index contributed by atoms with van der Waals surface area (Å²) < 4.78 is 14.5. The predicted molar refractivity (Wildman–Crippen MR) is 77.5 cm³/mol. The molecule has 18 heavy (non-hydrogen) atoms. The van der Waals surface area contributed by atoms with Gasteiger partial charge in [-0.3, -0.25) is 0 Å². The second-order valence-electron chi connectivity index (χ2n) is 5.57. The Morgan fingerprint density at radius 1 is 1.22 bits per heavy atom. The summed E-state index contributed by atoms with van der Waals surface area (Å²) in [6.45, 7) is 6.95. The van der Waals surface area contributed by atoms with Crippen molar-refractivity contribution in [2.45, 2.75) is 38.0 Å². The van der Waals surface area contributed by atoms with Gasteiger partial charge in [0.15, 0.2) is 0 Å². The minimum atomic E-state index is -0.972. The molecule has 1 aromatic rings. The molecule has 2 nitrogen and oxygen atoms in total. The molecule has 0 fully saturated rings. The maximum Gasteiger partial charge on any atom is 0.101 e. The van der Waals surface area contributed by atoms with Gasteiger partial charge in [0.05, 0.1) is 10.8 Å². The molecule has 0 N–H and O–H groups in total. The van der Waals surface area contributed by atoms with Crippen LogP contribution >= 0.6 is 0 Å². The molecule has 1 unspecified atom stereocenters. The van der Waals surface area contributed by atoms with Crippen LogP contribution in [-0.2, 0) is 11.0 Å². The van der Waals surface area contributed by atoms with Crippen molar-refractivity contribution in [2.75, 3.05) is 6.54 Å². The molecule has 2 rings (SSSR count). The summed E-state index contributed by atoms with van der Waals surface area (Å²) in [4.78, 5) is 0. The average molecular weight is 263 g/mol. The number of hydrogen-bond acceptors (Lipinski definition) is 1. The molecule has 1 aliphatic rings. The molecule has 0 aliphatic carbocycles. The molecule has 0 amide bonds. The van der Waals surface area contributed by atoms with E-state index in [4.69, 9.17) is 0 Å². The van der Waals surface area contributed by atoms with Crippen LogP contribution in [0.3, 0.4) is 0 Å². The molecular formula is C15H21NOS. The maximum absolute atomic E-state index is 12.6. The minimum Gasteiger partial charge on any atom is -0.242 e. The van der Waals surface area contributed by atoms with Crippen molar-refractivity contribution < 1.29 is 4.21 Å². The maximum atomic E-state index is 12.6. The van der Waals surface area contributed by atoms with Gasteiger partial charge in [-0.15, -0.1) is 0 Å². The van der Waals surface area contributed by atoms with Gasteiger partial charge in [0.25, 0.3) is 0 Å². The van der Waals surface area contributed by atoms with Crippen molar-refractivity contribution in [3.63, 3.8) is 0 Å². The fourth-order valence-corrected chi connectivity index (χ4v) is 3.50. The predicted octanol–water partition coefficient (Wildman–Crippen LogP) is 3.45. The summed E-state index contributed by atoms with van der Waals surface area (Å²) in [7, 11) is -0.972. The van der Waals surface area contributed by atoms with E-state index in [0.29, 0.717) is 0 Å². The van der Waals surface area contributed by atoms with E-state index in [0.717, 1.165) is 13.0 Å². The highest BCUT2D eigenvalue weighted by molar-refractivity contribution is 7.84. The van der Waals surface area contributed by atoms with Gasteiger partial charge in [-0.25, -0.2) is 8.51 Å². The molecule has 1 aliphatic heterocycles. The van der Waals surface area contributed by atoms with Crippen LogP contribution in [0, 0.1) is 0 Å². The summed E-state index contributed by atoms with van der Waals surface area (Å²) in [5.74, 6) is 0. The zero-order chi connectivity index (χ0) is 13.2. The van der Waals surface area contributed by atoms with E-state index < -0.39 is 11.0 Å². The summed E-state index contributed by atoms with van der Waals surface area (Å²) in [6.07, 6.45) is 5.33. The molecule has 0 saturated heterocycles. The first kappa shape index (κ1) is 13.5. The van der Waals surface area contributed by atoms with Gasteiger partial charge in [-0.1, -0.05) is 42.5 Å². The highest BCUT2D eigenvalue weighted by Crippen LogP contribution is 2.30. The van der Waals surface area contributed by atoms with E-state index in [9.17, 15) is 4.21 Å². The van der Waals surface area contributed by atoms with E-state index in [1.54, 1.807) is 0 Å². The molecule has 3 heteroatoms. The van der Waals surface area contributed by atoms with Gasteiger partial charge in [0.1, 0.15) is 11.0 Å². The summed E-state index contributed by atoms with van der Waals surface area (Å²) in [5, 5.41) is 0. The zero-order valence-corrected chi connectivity index (χ0v) is 12.1. The summed E-state index contributed by atoms with van der Waals surface area (Å²) >= 11 is 0. The van der Waals surface area contributed by atoms with Crippen molar-refractivity contribution in [2.24, 2.45) is 0 Å². The Morgan fingerprint density at radius 3 is 2.50 bits per heavy atom. The van der Waals surface area contributed by atoms with Gasteiger partial charge in [-0.05, 0) is 32.8 Å². The van der Waals surface area contributed by atoms with Gasteiger partial charge in [-0.2, -0.15) is 0 Å². The van der Waals surface area contributed by atoms with Crippen molar-refractivity contribution in [1.82, 2.24) is 4.31 Å². The Labute approximate surface area is 112 Å². The van der Waals surface area contributed by atoms with Crippen molar-refractivity contribution in [3.05, 3.63) is 48.0 Å². The number of nitrogens with zero attached hydrogens (tertiary/aromatic N) is 1. The minimum absolute atomic E-state index is 0.139. The molecule has 0 radical (unpaired) electrons. The van der Waals surface area contributed by atoms with Crippen LogP contribution < -0.4 is 0 Å². The van der Waals surface area contributed by atoms with Crippen LogP contribution in [-0.4, -0.2) is 19.8 Å².